The molecule has 118 valence electrons. The predicted molar refractivity (Wildman–Crippen MR) is 83.0 cm³/mol. The zero-order chi connectivity index (χ0) is 15.5. The normalized spacial score (nSPS) is 20.6. The Morgan fingerprint density at radius 1 is 1.38 bits per heavy atom. The molecule has 0 aromatic heterocycles. The van der Waals surface area contributed by atoms with Crippen molar-refractivity contribution in [2.75, 3.05) is 33.3 Å². The lowest BCUT2D eigenvalue weighted by Crippen LogP contribution is -2.41. The summed E-state index contributed by atoms with van der Waals surface area (Å²) in [5.74, 6) is 0. The van der Waals surface area contributed by atoms with E-state index in [1.54, 1.807) is 6.07 Å². The molecule has 1 aliphatic rings. The van der Waals surface area contributed by atoms with Gasteiger partial charge in [0.2, 0.25) is 10.0 Å². The summed E-state index contributed by atoms with van der Waals surface area (Å²) >= 11 is 0. The second-order valence-electron chi connectivity index (χ2n) is 5.71. The topological polar surface area (TPSA) is 58.6 Å². The van der Waals surface area contributed by atoms with Gasteiger partial charge in [-0.25, -0.2) is 13.1 Å². The highest BCUT2D eigenvalue weighted by atomic mass is 32.2. The van der Waals surface area contributed by atoms with Crippen LogP contribution in [0, 0.1) is 13.8 Å². The molecular formula is C15H24N2O3S. The van der Waals surface area contributed by atoms with Gasteiger partial charge in [-0.05, 0) is 44.5 Å². The predicted octanol–water partition coefficient (Wildman–Crippen LogP) is 1.30. The summed E-state index contributed by atoms with van der Waals surface area (Å²) in [5, 5.41) is 0. The molecule has 1 heterocycles. The Bertz CT molecular complexity index is 587. The van der Waals surface area contributed by atoms with E-state index in [2.05, 4.69) is 16.7 Å². The molecule has 1 unspecified atom stereocenters. The third-order valence-electron chi connectivity index (χ3n) is 3.73. The SMILES string of the molecule is Cc1ccc(C)c(S(=O)(=O)NCCC2CN(C)CCO2)c1. The Balaban J connectivity index is 1.93. The first-order valence-corrected chi connectivity index (χ1v) is 8.74. The lowest BCUT2D eigenvalue weighted by molar-refractivity contribution is -0.0222. The monoisotopic (exact) mass is 312 g/mol. The van der Waals surface area contributed by atoms with Gasteiger partial charge in [0, 0.05) is 19.6 Å². The molecule has 1 aromatic carbocycles. The van der Waals surface area contributed by atoms with Crippen molar-refractivity contribution in [1.29, 1.82) is 0 Å². The molecule has 1 aromatic rings. The summed E-state index contributed by atoms with van der Waals surface area (Å²) in [6.07, 6.45) is 0.791. The third-order valence-corrected chi connectivity index (χ3v) is 5.34. The maximum Gasteiger partial charge on any atom is 0.240 e. The van der Waals surface area contributed by atoms with Crippen LogP contribution < -0.4 is 4.72 Å². The lowest BCUT2D eigenvalue weighted by atomic mass is 10.2. The highest BCUT2D eigenvalue weighted by Gasteiger charge is 2.20. The molecule has 0 radical (unpaired) electrons. The molecule has 6 heteroatoms. The van der Waals surface area contributed by atoms with Crippen LogP contribution in [-0.4, -0.2) is 52.7 Å². The number of hydrogen-bond donors (Lipinski definition) is 1. The second-order valence-corrected chi connectivity index (χ2v) is 7.45. The van der Waals surface area contributed by atoms with Crippen LogP contribution in [0.4, 0.5) is 0 Å². The molecule has 0 saturated carbocycles. The van der Waals surface area contributed by atoms with Crippen molar-refractivity contribution in [2.24, 2.45) is 0 Å². The molecule has 0 amide bonds. The fourth-order valence-corrected chi connectivity index (χ4v) is 3.85. The van der Waals surface area contributed by atoms with Crippen LogP contribution in [0.3, 0.4) is 0 Å². The van der Waals surface area contributed by atoms with Crippen molar-refractivity contribution in [3.63, 3.8) is 0 Å². The van der Waals surface area contributed by atoms with Crippen molar-refractivity contribution in [3.8, 4) is 0 Å². The van der Waals surface area contributed by atoms with E-state index >= 15 is 0 Å². The number of ether oxygens (including phenoxy) is 1. The van der Waals surface area contributed by atoms with Crippen LogP contribution in [-0.2, 0) is 14.8 Å². The molecule has 1 N–H and O–H groups in total. The van der Waals surface area contributed by atoms with Gasteiger partial charge in [0.25, 0.3) is 0 Å². The van der Waals surface area contributed by atoms with Crippen LogP contribution in [0.5, 0.6) is 0 Å². The number of benzene rings is 1. The van der Waals surface area contributed by atoms with Gasteiger partial charge >= 0.3 is 0 Å². The Labute approximate surface area is 127 Å². The first-order chi connectivity index (χ1) is 9.88. The zero-order valence-electron chi connectivity index (χ0n) is 12.9. The maximum atomic E-state index is 12.3. The molecule has 1 fully saturated rings. The molecule has 2 rings (SSSR count). The van der Waals surface area contributed by atoms with Gasteiger partial charge in [-0.3, -0.25) is 0 Å². The average molecular weight is 312 g/mol. The number of rotatable bonds is 5. The van der Waals surface area contributed by atoms with Crippen LogP contribution >= 0.6 is 0 Å². The Morgan fingerprint density at radius 3 is 2.86 bits per heavy atom. The highest BCUT2D eigenvalue weighted by Crippen LogP contribution is 2.16. The maximum absolute atomic E-state index is 12.3. The van der Waals surface area contributed by atoms with Gasteiger partial charge in [0.1, 0.15) is 0 Å². The number of morpholine rings is 1. The van der Waals surface area contributed by atoms with Gasteiger partial charge in [0.15, 0.2) is 0 Å². The molecular weight excluding hydrogens is 288 g/mol. The van der Waals surface area contributed by atoms with Gasteiger partial charge in [-0.15, -0.1) is 0 Å². The summed E-state index contributed by atoms with van der Waals surface area (Å²) in [6, 6.07) is 5.46. The van der Waals surface area contributed by atoms with Crippen LogP contribution in [0.25, 0.3) is 0 Å². The van der Waals surface area contributed by atoms with E-state index in [1.807, 2.05) is 26.0 Å². The second kappa shape index (κ2) is 6.87. The lowest BCUT2D eigenvalue weighted by Gasteiger charge is -2.30. The first kappa shape index (κ1) is 16.4. The molecule has 1 atom stereocenters. The number of sulfonamides is 1. The average Bonchev–Trinajstić information content (AvgIpc) is 2.41. The van der Waals surface area contributed by atoms with E-state index in [0.29, 0.717) is 24.5 Å². The molecule has 1 aliphatic heterocycles. The Hall–Kier alpha value is -0.950. The van der Waals surface area contributed by atoms with Crippen molar-refractivity contribution in [2.45, 2.75) is 31.3 Å². The van der Waals surface area contributed by atoms with Gasteiger partial charge in [0.05, 0.1) is 17.6 Å². The Kier molecular flexibility index (Phi) is 5.37. The van der Waals surface area contributed by atoms with Crippen molar-refractivity contribution in [1.82, 2.24) is 9.62 Å². The van der Waals surface area contributed by atoms with Crippen molar-refractivity contribution in [3.05, 3.63) is 29.3 Å². The molecule has 0 spiro atoms. The third kappa shape index (κ3) is 4.51. The van der Waals surface area contributed by atoms with E-state index in [1.165, 1.54) is 0 Å². The van der Waals surface area contributed by atoms with Gasteiger partial charge < -0.3 is 9.64 Å². The Morgan fingerprint density at radius 2 is 2.14 bits per heavy atom. The smallest absolute Gasteiger partial charge is 0.240 e. The van der Waals surface area contributed by atoms with E-state index < -0.39 is 10.0 Å². The van der Waals surface area contributed by atoms with Gasteiger partial charge in [-0.1, -0.05) is 12.1 Å². The number of nitrogens with zero attached hydrogens (tertiary/aromatic N) is 1. The largest absolute Gasteiger partial charge is 0.376 e. The van der Waals surface area contributed by atoms with E-state index in [9.17, 15) is 8.42 Å². The summed E-state index contributed by atoms with van der Waals surface area (Å²) in [7, 11) is -1.40. The fourth-order valence-electron chi connectivity index (χ4n) is 2.47. The van der Waals surface area contributed by atoms with Crippen LogP contribution in [0.1, 0.15) is 17.5 Å². The fraction of sp³-hybridized carbons (Fsp3) is 0.600. The highest BCUT2D eigenvalue weighted by molar-refractivity contribution is 7.89. The first-order valence-electron chi connectivity index (χ1n) is 7.25. The van der Waals surface area contributed by atoms with Crippen molar-refractivity contribution < 1.29 is 13.2 Å². The van der Waals surface area contributed by atoms with E-state index in [-0.39, 0.29) is 6.10 Å². The molecule has 0 aliphatic carbocycles. The number of nitrogens with one attached hydrogen (secondary N) is 1. The molecule has 1 saturated heterocycles. The summed E-state index contributed by atoms with van der Waals surface area (Å²) in [6.45, 7) is 6.60. The minimum Gasteiger partial charge on any atom is -0.376 e. The zero-order valence-corrected chi connectivity index (χ0v) is 13.7. The number of hydrogen-bond acceptors (Lipinski definition) is 4. The van der Waals surface area contributed by atoms with Crippen LogP contribution in [0.15, 0.2) is 23.1 Å². The summed E-state index contributed by atoms with van der Waals surface area (Å²) < 4.78 is 33.0. The minimum atomic E-state index is -3.45. The minimum absolute atomic E-state index is 0.102. The molecule has 21 heavy (non-hydrogen) atoms. The number of likely N-dealkylation sites (N-methyl/N-ethyl adjacent to an activating group) is 1. The van der Waals surface area contributed by atoms with E-state index in [0.717, 1.165) is 24.2 Å². The number of aryl methyl sites for hydroxylation is 2. The van der Waals surface area contributed by atoms with Gasteiger partial charge in [-0.2, -0.15) is 0 Å². The molecule has 5 nitrogen and oxygen atoms in total. The van der Waals surface area contributed by atoms with Crippen molar-refractivity contribution >= 4 is 10.0 Å². The quantitative estimate of drug-likeness (QED) is 0.890. The summed E-state index contributed by atoms with van der Waals surface area (Å²) in [5.41, 5.74) is 1.71. The van der Waals surface area contributed by atoms with Crippen LogP contribution in [0.2, 0.25) is 0 Å². The summed E-state index contributed by atoms with van der Waals surface area (Å²) in [4.78, 5) is 2.57. The van der Waals surface area contributed by atoms with E-state index in [4.69, 9.17) is 4.74 Å². The molecule has 0 bridgehead atoms. The standard InChI is InChI=1S/C15H24N2O3S/c1-12-4-5-13(2)15(10-12)21(18,19)16-7-6-14-11-17(3)8-9-20-14/h4-5,10,14,16H,6-9,11H2,1-3H3.